The number of hydrogen-bond acceptors (Lipinski definition) is 5. The van der Waals surface area contributed by atoms with E-state index in [-0.39, 0.29) is 5.97 Å². The lowest BCUT2D eigenvalue weighted by atomic mass is 10.3. The average Bonchev–Trinajstić information content (AvgIpc) is 2.76. The largest absolute Gasteiger partial charge is 0.466 e. The summed E-state index contributed by atoms with van der Waals surface area (Å²) < 4.78 is 6.66. The van der Waals surface area contributed by atoms with Crippen LogP contribution in [0.3, 0.4) is 0 Å². The first-order valence-corrected chi connectivity index (χ1v) is 6.41. The summed E-state index contributed by atoms with van der Waals surface area (Å²) >= 11 is 0. The molecule has 0 saturated heterocycles. The Bertz CT molecular complexity index is 565. The van der Waals surface area contributed by atoms with Crippen LogP contribution in [0.25, 0.3) is 5.52 Å². The molecule has 0 atom stereocenters. The summed E-state index contributed by atoms with van der Waals surface area (Å²) in [6.45, 7) is 4.86. The van der Waals surface area contributed by atoms with Crippen LogP contribution in [0.5, 0.6) is 0 Å². The number of aromatic nitrogens is 3. The number of anilines is 1. The normalized spacial score (nSPS) is 10.6. The topological polar surface area (TPSA) is 68.5 Å². The number of carbonyl (C=O) groups is 1. The minimum absolute atomic E-state index is 0.157. The highest BCUT2D eigenvalue weighted by Crippen LogP contribution is 2.14. The molecule has 1 N–H and O–H groups in total. The van der Waals surface area contributed by atoms with Crippen molar-refractivity contribution in [2.45, 2.75) is 26.7 Å². The van der Waals surface area contributed by atoms with Gasteiger partial charge in [-0.1, -0.05) is 0 Å². The Morgan fingerprint density at radius 3 is 3.16 bits per heavy atom. The van der Waals surface area contributed by atoms with Crippen LogP contribution in [0.15, 0.2) is 18.5 Å². The third-order valence-electron chi connectivity index (χ3n) is 2.67. The van der Waals surface area contributed by atoms with Gasteiger partial charge in [-0.3, -0.25) is 4.79 Å². The number of carbonyl (C=O) groups excluding carboxylic acids is 1. The minimum atomic E-state index is -0.157. The van der Waals surface area contributed by atoms with Crippen molar-refractivity contribution in [3.8, 4) is 0 Å². The number of aryl methyl sites for hydroxylation is 1. The number of fused-ring (bicyclic) bond motifs is 1. The van der Waals surface area contributed by atoms with E-state index >= 15 is 0 Å². The molecule has 2 aromatic rings. The molecule has 2 rings (SSSR count). The average molecular weight is 262 g/mol. The smallest absolute Gasteiger partial charge is 0.305 e. The summed E-state index contributed by atoms with van der Waals surface area (Å²) in [7, 11) is 0. The number of hydrogen-bond donors (Lipinski definition) is 1. The predicted molar refractivity (Wildman–Crippen MR) is 72.1 cm³/mol. The number of nitrogens with one attached hydrogen (secondary N) is 1. The van der Waals surface area contributed by atoms with Crippen molar-refractivity contribution in [3.05, 3.63) is 24.2 Å². The molecule has 2 heterocycles. The predicted octanol–water partition coefficient (Wildman–Crippen LogP) is 1.79. The van der Waals surface area contributed by atoms with Gasteiger partial charge in [0.1, 0.15) is 5.52 Å². The van der Waals surface area contributed by atoms with E-state index in [1.165, 1.54) is 0 Å². The van der Waals surface area contributed by atoms with E-state index in [0.717, 1.165) is 17.0 Å². The van der Waals surface area contributed by atoms with Gasteiger partial charge >= 0.3 is 5.97 Å². The van der Waals surface area contributed by atoms with E-state index in [9.17, 15) is 4.79 Å². The fourth-order valence-electron chi connectivity index (χ4n) is 1.85. The first kappa shape index (κ1) is 13.3. The molecule has 0 saturated carbocycles. The Kier molecular flexibility index (Phi) is 4.33. The van der Waals surface area contributed by atoms with Gasteiger partial charge in [-0.25, -0.2) is 9.50 Å². The molecular formula is C13H18N4O2. The Labute approximate surface area is 111 Å². The van der Waals surface area contributed by atoms with Gasteiger partial charge in [-0.15, -0.1) is 0 Å². The molecule has 0 aromatic carbocycles. The van der Waals surface area contributed by atoms with Crippen molar-refractivity contribution >= 4 is 17.3 Å². The van der Waals surface area contributed by atoms with Crippen molar-refractivity contribution in [3.63, 3.8) is 0 Å². The number of ether oxygens (including phenoxy) is 1. The lowest BCUT2D eigenvalue weighted by Gasteiger charge is -2.06. The summed E-state index contributed by atoms with van der Waals surface area (Å²) in [5.74, 6) is 0.627. The van der Waals surface area contributed by atoms with Crippen molar-refractivity contribution in [2.24, 2.45) is 0 Å². The number of rotatable bonds is 6. The first-order chi connectivity index (χ1) is 9.20. The maximum Gasteiger partial charge on any atom is 0.305 e. The molecule has 0 aliphatic carbocycles. The van der Waals surface area contributed by atoms with Crippen LogP contribution in [-0.2, 0) is 9.53 Å². The Hall–Kier alpha value is -2.11. The number of esters is 1. The van der Waals surface area contributed by atoms with Gasteiger partial charge in [0.25, 0.3) is 0 Å². The second-order valence-electron chi connectivity index (χ2n) is 4.23. The molecule has 6 nitrogen and oxygen atoms in total. The Morgan fingerprint density at radius 2 is 2.37 bits per heavy atom. The fourth-order valence-corrected chi connectivity index (χ4v) is 1.85. The van der Waals surface area contributed by atoms with Crippen molar-refractivity contribution < 1.29 is 9.53 Å². The molecule has 0 bridgehead atoms. The molecule has 19 heavy (non-hydrogen) atoms. The quantitative estimate of drug-likeness (QED) is 0.635. The van der Waals surface area contributed by atoms with Gasteiger partial charge in [0, 0.05) is 25.4 Å². The summed E-state index contributed by atoms with van der Waals surface area (Å²) in [5, 5.41) is 7.54. The molecule has 102 valence electrons. The lowest BCUT2D eigenvalue weighted by molar-refractivity contribution is -0.143. The van der Waals surface area contributed by atoms with Gasteiger partial charge in [0.2, 0.25) is 0 Å². The maximum atomic E-state index is 11.2. The third kappa shape index (κ3) is 3.43. The standard InChI is InChI=1S/C13H18N4O2/c1-3-19-12(18)5-4-6-14-13-11-9-10(2)16-17(11)8-7-15-13/h7-9H,3-6H2,1-2H3,(H,14,15). The van der Waals surface area contributed by atoms with Crippen LogP contribution in [0.2, 0.25) is 0 Å². The van der Waals surface area contributed by atoms with Crippen LogP contribution < -0.4 is 5.32 Å². The van der Waals surface area contributed by atoms with E-state index in [2.05, 4.69) is 15.4 Å². The van der Waals surface area contributed by atoms with E-state index in [1.54, 1.807) is 10.7 Å². The van der Waals surface area contributed by atoms with Gasteiger partial charge in [-0.05, 0) is 26.3 Å². The fraction of sp³-hybridized carbons (Fsp3) is 0.462. The number of nitrogens with zero attached hydrogens (tertiary/aromatic N) is 3. The van der Waals surface area contributed by atoms with Crippen LogP contribution in [0.4, 0.5) is 5.82 Å². The molecule has 0 unspecified atom stereocenters. The molecule has 0 amide bonds. The van der Waals surface area contributed by atoms with Crippen molar-refractivity contribution in [2.75, 3.05) is 18.5 Å². The lowest BCUT2D eigenvalue weighted by Crippen LogP contribution is -2.09. The summed E-state index contributed by atoms with van der Waals surface area (Å²) in [4.78, 5) is 15.5. The second-order valence-corrected chi connectivity index (χ2v) is 4.23. The monoisotopic (exact) mass is 262 g/mol. The zero-order valence-electron chi connectivity index (χ0n) is 11.2. The van der Waals surface area contributed by atoms with Gasteiger partial charge in [0.15, 0.2) is 5.82 Å². The zero-order valence-corrected chi connectivity index (χ0v) is 11.2. The minimum Gasteiger partial charge on any atom is -0.466 e. The van der Waals surface area contributed by atoms with Crippen LogP contribution in [-0.4, -0.2) is 33.7 Å². The highest BCUT2D eigenvalue weighted by molar-refractivity contribution is 5.70. The molecule has 0 radical (unpaired) electrons. The first-order valence-electron chi connectivity index (χ1n) is 6.41. The van der Waals surface area contributed by atoms with Gasteiger partial charge in [-0.2, -0.15) is 5.10 Å². The summed E-state index contributed by atoms with van der Waals surface area (Å²) in [6.07, 6.45) is 4.65. The molecular weight excluding hydrogens is 244 g/mol. The molecule has 0 aliphatic rings. The molecule has 0 fully saturated rings. The Balaban J connectivity index is 1.89. The summed E-state index contributed by atoms with van der Waals surface area (Å²) in [6, 6.07) is 1.97. The van der Waals surface area contributed by atoms with Crippen molar-refractivity contribution in [1.82, 2.24) is 14.6 Å². The van der Waals surface area contributed by atoms with Crippen molar-refractivity contribution in [1.29, 1.82) is 0 Å². The molecule has 6 heteroatoms. The summed E-state index contributed by atoms with van der Waals surface area (Å²) in [5.41, 5.74) is 1.89. The highest BCUT2D eigenvalue weighted by atomic mass is 16.5. The molecule has 0 spiro atoms. The van der Waals surface area contributed by atoms with Gasteiger partial charge in [0.05, 0.1) is 12.3 Å². The van der Waals surface area contributed by atoms with E-state index < -0.39 is 0 Å². The Morgan fingerprint density at radius 1 is 1.53 bits per heavy atom. The highest BCUT2D eigenvalue weighted by Gasteiger charge is 2.05. The zero-order chi connectivity index (χ0) is 13.7. The second kappa shape index (κ2) is 6.17. The van der Waals surface area contributed by atoms with E-state index in [4.69, 9.17) is 4.74 Å². The maximum absolute atomic E-state index is 11.2. The van der Waals surface area contributed by atoms with E-state index in [1.807, 2.05) is 26.1 Å². The SMILES string of the molecule is CCOC(=O)CCCNc1nccn2nc(C)cc12. The van der Waals surface area contributed by atoms with Crippen LogP contribution in [0.1, 0.15) is 25.5 Å². The van der Waals surface area contributed by atoms with E-state index in [0.29, 0.717) is 26.0 Å². The van der Waals surface area contributed by atoms with Crippen LogP contribution in [0, 0.1) is 6.92 Å². The third-order valence-corrected chi connectivity index (χ3v) is 2.67. The van der Waals surface area contributed by atoms with Gasteiger partial charge < -0.3 is 10.1 Å². The molecule has 2 aromatic heterocycles. The van der Waals surface area contributed by atoms with Crippen LogP contribution >= 0.6 is 0 Å². The molecule has 0 aliphatic heterocycles.